The third-order valence-corrected chi connectivity index (χ3v) is 10.3. The molecule has 0 N–H and O–H groups in total. The molecule has 232 valence electrons. The zero-order chi connectivity index (χ0) is 31.5. The lowest BCUT2D eigenvalue weighted by molar-refractivity contribution is -0.394. The van der Waals surface area contributed by atoms with Crippen LogP contribution < -0.4 is 0 Å². The first-order chi connectivity index (χ1) is 20.3. The van der Waals surface area contributed by atoms with Crippen molar-refractivity contribution >= 4 is 17.3 Å². The maximum atomic E-state index is 12.9. The molecule has 3 aliphatic rings. The second-order valence-electron chi connectivity index (χ2n) is 13.7. The van der Waals surface area contributed by atoms with E-state index in [2.05, 4.69) is 65.5 Å². The quantitative estimate of drug-likeness (QED) is 0.123. The molecule has 0 saturated heterocycles. The minimum absolute atomic E-state index is 0.196. The Hall–Kier alpha value is -3.55. The highest BCUT2D eigenvalue weighted by atomic mass is 16.6. The van der Waals surface area contributed by atoms with E-state index in [4.69, 9.17) is 4.74 Å². The molecule has 8 heteroatoms. The summed E-state index contributed by atoms with van der Waals surface area (Å²) in [6.07, 6.45) is 16.6. The minimum Gasteiger partial charge on any atom is -0.458 e. The smallest absolute Gasteiger partial charge is 0.338 e. The minimum atomic E-state index is -0.798. The summed E-state index contributed by atoms with van der Waals surface area (Å²) in [7, 11) is 0. The molecule has 6 unspecified atom stereocenters. The first-order valence-electron chi connectivity index (χ1n) is 15.7. The van der Waals surface area contributed by atoms with Crippen LogP contribution in [0.4, 0.5) is 11.4 Å². The molecule has 4 rings (SSSR count). The van der Waals surface area contributed by atoms with Crippen molar-refractivity contribution < 1.29 is 19.4 Å². The average Bonchev–Trinajstić information content (AvgIpc) is 3.33. The molecular formula is C35H46N2O6. The fraction of sp³-hybridized carbons (Fsp3) is 0.571. The van der Waals surface area contributed by atoms with Crippen LogP contribution in [0.2, 0.25) is 0 Å². The highest BCUT2D eigenvalue weighted by Crippen LogP contribution is 2.58. The molecule has 0 heterocycles. The Bertz CT molecular complexity index is 1330. The molecular weight excluding hydrogens is 544 g/mol. The molecule has 0 amide bonds. The van der Waals surface area contributed by atoms with Gasteiger partial charge in [-0.1, -0.05) is 76.6 Å². The summed E-state index contributed by atoms with van der Waals surface area (Å²) in [5.74, 6) is 2.24. The fourth-order valence-electron chi connectivity index (χ4n) is 7.11. The number of esters is 1. The van der Waals surface area contributed by atoms with Crippen molar-refractivity contribution in [3.05, 3.63) is 91.6 Å². The van der Waals surface area contributed by atoms with Crippen LogP contribution >= 0.6 is 0 Å². The maximum Gasteiger partial charge on any atom is 0.338 e. The molecule has 3 aliphatic carbocycles. The largest absolute Gasteiger partial charge is 0.458 e. The van der Waals surface area contributed by atoms with Crippen LogP contribution in [-0.2, 0) is 4.74 Å². The topological polar surface area (TPSA) is 113 Å². The first kappa shape index (κ1) is 32.4. The lowest BCUT2D eigenvalue weighted by Crippen LogP contribution is -2.27. The lowest BCUT2D eigenvalue weighted by atomic mass is 9.67. The predicted molar refractivity (Wildman–Crippen MR) is 169 cm³/mol. The molecule has 0 aliphatic heterocycles. The Morgan fingerprint density at radius 3 is 2.35 bits per heavy atom. The van der Waals surface area contributed by atoms with E-state index >= 15 is 0 Å². The van der Waals surface area contributed by atoms with Gasteiger partial charge in [0, 0.05) is 18.6 Å². The number of hydrogen-bond acceptors (Lipinski definition) is 6. The number of rotatable bonds is 9. The molecule has 8 nitrogen and oxygen atoms in total. The van der Waals surface area contributed by atoms with E-state index in [1.165, 1.54) is 31.3 Å². The van der Waals surface area contributed by atoms with E-state index in [0.717, 1.165) is 35.8 Å². The molecule has 0 radical (unpaired) electrons. The molecule has 3 saturated carbocycles. The predicted octanol–water partition coefficient (Wildman–Crippen LogP) is 9.32. The summed E-state index contributed by atoms with van der Waals surface area (Å²) in [6, 6.07) is 2.88. The summed E-state index contributed by atoms with van der Waals surface area (Å²) in [5, 5.41) is 22.5. The number of fused-ring (bicyclic) bond motifs is 1. The summed E-state index contributed by atoms with van der Waals surface area (Å²) in [5.41, 5.74) is 2.66. The van der Waals surface area contributed by atoms with Crippen LogP contribution in [0.15, 0.2) is 65.8 Å². The Kier molecular flexibility index (Phi) is 10.1. The Labute approximate surface area is 255 Å². The van der Waals surface area contributed by atoms with Gasteiger partial charge in [0.1, 0.15) is 6.10 Å². The van der Waals surface area contributed by atoms with E-state index in [1.807, 2.05) is 0 Å². The van der Waals surface area contributed by atoms with Crippen molar-refractivity contribution in [1.29, 1.82) is 0 Å². The van der Waals surface area contributed by atoms with E-state index in [1.54, 1.807) is 0 Å². The van der Waals surface area contributed by atoms with Crippen molar-refractivity contribution in [3.8, 4) is 0 Å². The molecule has 0 aromatic heterocycles. The average molecular weight is 591 g/mol. The molecule has 1 aromatic carbocycles. The van der Waals surface area contributed by atoms with Crippen LogP contribution in [0.1, 0.15) is 96.3 Å². The van der Waals surface area contributed by atoms with Gasteiger partial charge in [0.25, 0.3) is 11.4 Å². The van der Waals surface area contributed by atoms with Gasteiger partial charge in [0.05, 0.1) is 21.5 Å². The Balaban J connectivity index is 1.46. The van der Waals surface area contributed by atoms with E-state index in [9.17, 15) is 25.0 Å². The van der Waals surface area contributed by atoms with Crippen LogP contribution in [0, 0.1) is 55.2 Å². The number of nitro benzene ring substituents is 2. The second kappa shape index (κ2) is 13.4. The number of non-ortho nitro benzene ring substituents is 2. The van der Waals surface area contributed by atoms with Crippen molar-refractivity contribution in [2.24, 2.45) is 35.0 Å². The van der Waals surface area contributed by atoms with E-state index in [-0.39, 0.29) is 5.56 Å². The molecule has 3 fully saturated rings. The third kappa shape index (κ3) is 7.70. The van der Waals surface area contributed by atoms with Gasteiger partial charge < -0.3 is 4.74 Å². The second-order valence-corrected chi connectivity index (χ2v) is 13.7. The van der Waals surface area contributed by atoms with Crippen molar-refractivity contribution in [1.82, 2.24) is 0 Å². The van der Waals surface area contributed by atoms with E-state index in [0.29, 0.717) is 54.3 Å². The lowest BCUT2D eigenvalue weighted by Gasteiger charge is -2.38. The van der Waals surface area contributed by atoms with Gasteiger partial charge >= 0.3 is 5.97 Å². The molecule has 0 bridgehead atoms. The summed E-state index contributed by atoms with van der Waals surface area (Å²) < 4.78 is 5.70. The summed E-state index contributed by atoms with van der Waals surface area (Å²) >= 11 is 0. The monoisotopic (exact) mass is 590 g/mol. The van der Waals surface area contributed by atoms with Crippen LogP contribution in [0.25, 0.3) is 0 Å². The fourth-order valence-corrected chi connectivity index (χ4v) is 7.11. The molecule has 0 spiro atoms. The van der Waals surface area contributed by atoms with Gasteiger partial charge in [-0.2, -0.15) is 0 Å². The molecule has 6 atom stereocenters. The SMILES string of the molecule is C=C1CCC(OC(=O)c2cc([N+](=O)[O-])cc([N+](=O)[O-])c2)C/C1=C/C=C1/CCCC2(C)CC(C(C)/C=C/C(C)C(C)C)CC12. The van der Waals surface area contributed by atoms with Gasteiger partial charge in [-0.05, 0) is 85.5 Å². The number of hydrogen-bond donors (Lipinski definition) is 0. The first-order valence-corrected chi connectivity index (χ1v) is 15.7. The highest BCUT2D eigenvalue weighted by molar-refractivity contribution is 5.91. The standard InChI is InChI=1S/C35H46N2O6/c1-22(2)23(3)9-10-25(5)29-19-33-26(8-7-15-35(33,6)21-29)12-13-27-18-32(14-11-24(27)4)43-34(38)28-16-30(36(39)40)20-31(17-28)37(41)42/h9-10,12-13,16-17,20,22-23,25,29,32-33H,4,7-8,11,14-15,18-19,21H2,1-3,5-6H3/b10-9+,26-12-,27-13-. The normalized spacial score (nSPS) is 29.2. The Morgan fingerprint density at radius 1 is 1.05 bits per heavy atom. The van der Waals surface area contributed by atoms with Gasteiger partial charge in [-0.25, -0.2) is 4.79 Å². The summed E-state index contributed by atoms with van der Waals surface area (Å²) in [6.45, 7) is 15.9. The van der Waals surface area contributed by atoms with Crippen LogP contribution in [0.5, 0.6) is 0 Å². The van der Waals surface area contributed by atoms with Crippen LogP contribution in [0.3, 0.4) is 0 Å². The zero-order valence-corrected chi connectivity index (χ0v) is 26.2. The van der Waals surface area contributed by atoms with Crippen molar-refractivity contribution in [3.63, 3.8) is 0 Å². The third-order valence-electron chi connectivity index (χ3n) is 10.3. The zero-order valence-electron chi connectivity index (χ0n) is 26.2. The van der Waals surface area contributed by atoms with Gasteiger partial charge in [-0.3, -0.25) is 20.2 Å². The van der Waals surface area contributed by atoms with Crippen LogP contribution in [-0.4, -0.2) is 21.9 Å². The number of nitro groups is 2. The number of nitrogens with zero attached hydrogens (tertiary/aromatic N) is 2. The summed E-state index contributed by atoms with van der Waals surface area (Å²) in [4.78, 5) is 33.9. The highest BCUT2D eigenvalue weighted by Gasteiger charge is 2.47. The van der Waals surface area contributed by atoms with Crippen molar-refractivity contribution in [2.75, 3.05) is 0 Å². The Morgan fingerprint density at radius 2 is 1.72 bits per heavy atom. The number of ether oxygens (including phenoxy) is 1. The van der Waals surface area contributed by atoms with E-state index < -0.39 is 33.3 Å². The van der Waals surface area contributed by atoms with Gasteiger partial charge in [0.2, 0.25) is 0 Å². The number of benzene rings is 1. The van der Waals surface area contributed by atoms with Crippen molar-refractivity contribution in [2.45, 2.75) is 92.1 Å². The number of carbonyl (C=O) groups excluding carboxylic acids is 1. The van der Waals surface area contributed by atoms with Gasteiger partial charge in [0.15, 0.2) is 0 Å². The number of carbonyl (C=O) groups is 1. The maximum absolute atomic E-state index is 12.9. The molecule has 1 aromatic rings. The molecule has 43 heavy (non-hydrogen) atoms. The van der Waals surface area contributed by atoms with Gasteiger partial charge in [-0.15, -0.1) is 0 Å². The number of allylic oxidation sites excluding steroid dienone is 6.